The predicted octanol–water partition coefficient (Wildman–Crippen LogP) is 9.89. The van der Waals surface area contributed by atoms with Gasteiger partial charge in [-0.15, -0.1) is 0 Å². The lowest BCUT2D eigenvalue weighted by molar-refractivity contribution is 0.669. The van der Waals surface area contributed by atoms with Crippen LogP contribution < -0.4 is 0 Å². The molecule has 0 spiro atoms. The average molecular weight is 495 g/mol. The van der Waals surface area contributed by atoms with Crippen LogP contribution in [0.3, 0.4) is 0 Å². The van der Waals surface area contributed by atoms with E-state index in [4.69, 9.17) is 4.42 Å². The zero-order valence-corrected chi connectivity index (χ0v) is 20.7. The van der Waals surface area contributed by atoms with Crippen molar-refractivity contribution in [2.75, 3.05) is 0 Å². The molecule has 0 aliphatic heterocycles. The normalized spacial score (nSPS) is 13.1. The van der Waals surface area contributed by atoms with E-state index in [0.29, 0.717) is 0 Å². The Morgan fingerprint density at radius 2 is 1.03 bits per heavy atom. The summed E-state index contributed by atoms with van der Waals surface area (Å²) in [5.41, 5.74) is 9.54. The number of hydrogen-bond acceptors (Lipinski definition) is 1. The van der Waals surface area contributed by atoms with Crippen molar-refractivity contribution in [3.8, 4) is 0 Å². The van der Waals surface area contributed by atoms with Gasteiger partial charge in [0.25, 0.3) is 0 Å². The van der Waals surface area contributed by atoms with Crippen LogP contribution >= 0.6 is 0 Å². The molecule has 178 valence electrons. The summed E-state index contributed by atoms with van der Waals surface area (Å²) in [4.78, 5) is 0. The van der Waals surface area contributed by atoms with Gasteiger partial charge in [0.2, 0.25) is 0 Å². The molecule has 0 saturated carbocycles. The molecule has 3 nitrogen and oxygen atoms in total. The number of nitrogens with zero attached hydrogens (tertiary/aromatic N) is 2. The lowest BCUT2D eigenvalue weighted by Gasteiger charge is -2.02. The Hall–Kier alpha value is -5.28. The van der Waals surface area contributed by atoms with Crippen molar-refractivity contribution in [2.24, 2.45) is 0 Å². The molecule has 5 heterocycles. The van der Waals surface area contributed by atoms with Gasteiger partial charge in [-0.3, -0.25) is 0 Å². The molecule has 0 radical (unpaired) electrons. The lowest BCUT2D eigenvalue weighted by Crippen LogP contribution is -1.82. The largest absolute Gasteiger partial charge is 0.456 e. The molecule has 0 amide bonds. The molecule has 5 aromatic heterocycles. The highest BCUT2D eigenvalue weighted by Crippen LogP contribution is 2.48. The number of benzene rings is 6. The molecule has 11 aromatic rings. The highest BCUT2D eigenvalue weighted by molar-refractivity contribution is 6.38. The van der Waals surface area contributed by atoms with E-state index in [1.54, 1.807) is 0 Å². The molecule has 11 rings (SSSR count). The third-order valence-electron chi connectivity index (χ3n) is 9.15. The van der Waals surface area contributed by atoms with E-state index in [1.807, 2.05) is 6.07 Å². The van der Waals surface area contributed by atoms with Gasteiger partial charge in [0.1, 0.15) is 11.2 Å². The van der Waals surface area contributed by atoms with Gasteiger partial charge in [-0.25, -0.2) is 0 Å². The van der Waals surface area contributed by atoms with E-state index in [-0.39, 0.29) is 0 Å². The zero-order chi connectivity index (χ0) is 25.0. The van der Waals surface area contributed by atoms with Crippen LogP contribution in [0, 0.1) is 0 Å². The van der Waals surface area contributed by atoms with Crippen LogP contribution in [0.2, 0.25) is 0 Å². The standard InChI is InChI=1S/C36H18N2O/c1-4-13-27-19(8-1)26-17-30-33(34-22-10-2-5-14-28(22)37(27)36(26)34)23-12-7-11-21-24-18-32-25(16-29(24)38(30)35(21)23)20-9-3-6-15-31(20)39-32/h1-18H. The molecule has 39 heavy (non-hydrogen) atoms. The van der Waals surface area contributed by atoms with Gasteiger partial charge in [0, 0.05) is 53.9 Å². The molecule has 0 fully saturated rings. The van der Waals surface area contributed by atoms with Gasteiger partial charge in [0.15, 0.2) is 0 Å². The fraction of sp³-hybridized carbons (Fsp3) is 0. The molecule has 0 N–H and O–H groups in total. The molecule has 0 atom stereocenters. The van der Waals surface area contributed by atoms with Gasteiger partial charge < -0.3 is 13.2 Å². The summed E-state index contributed by atoms with van der Waals surface area (Å²) in [5.74, 6) is 0. The quantitative estimate of drug-likeness (QED) is 0.206. The Morgan fingerprint density at radius 3 is 1.92 bits per heavy atom. The van der Waals surface area contributed by atoms with Gasteiger partial charge in [-0.2, -0.15) is 0 Å². The van der Waals surface area contributed by atoms with Crippen molar-refractivity contribution in [1.29, 1.82) is 0 Å². The maximum atomic E-state index is 6.30. The topological polar surface area (TPSA) is 22.0 Å². The van der Waals surface area contributed by atoms with Gasteiger partial charge in [0.05, 0.1) is 33.1 Å². The SMILES string of the molecule is c1ccc2c(c1)oc1cc3c4cccc5c6c7c8ccccc8n8c9ccccc9c(cc6n(c3cc12)c45)c78. The Morgan fingerprint density at radius 1 is 0.359 bits per heavy atom. The van der Waals surface area contributed by atoms with Crippen molar-refractivity contribution in [3.63, 3.8) is 0 Å². The molecular formula is C36H18N2O. The van der Waals surface area contributed by atoms with Gasteiger partial charge in [-0.05, 0) is 36.4 Å². The molecule has 6 aromatic carbocycles. The number of aromatic nitrogens is 2. The second-order valence-corrected chi connectivity index (χ2v) is 10.9. The first-order valence-electron chi connectivity index (χ1n) is 13.5. The number of hydrogen-bond donors (Lipinski definition) is 0. The Labute approximate surface area is 220 Å². The average Bonchev–Trinajstić information content (AvgIpc) is 3.76. The van der Waals surface area contributed by atoms with Gasteiger partial charge >= 0.3 is 0 Å². The highest BCUT2D eigenvalue weighted by atomic mass is 16.3. The highest BCUT2D eigenvalue weighted by Gasteiger charge is 2.25. The van der Waals surface area contributed by atoms with Crippen LogP contribution in [0.5, 0.6) is 0 Å². The first-order chi connectivity index (χ1) is 19.4. The molecule has 0 unspecified atom stereocenters. The Balaban J connectivity index is 1.49. The third-order valence-corrected chi connectivity index (χ3v) is 9.15. The molecule has 0 saturated heterocycles. The van der Waals surface area contributed by atoms with Crippen molar-refractivity contribution in [3.05, 3.63) is 109 Å². The predicted molar refractivity (Wildman–Crippen MR) is 163 cm³/mol. The smallest absolute Gasteiger partial charge is 0.136 e. The van der Waals surface area contributed by atoms with Crippen LogP contribution in [0.15, 0.2) is 114 Å². The van der Waals surface area contributed by atoms with Crippen LogP contribution in [-0.2, 0) is 0 Å². The van der Waals surface area contributed by atoms with Crippen molar-refractivity contribution < 1.29 is 4.42 Å². The number of furan rings is 1. The van der Waals surface area contributed by atoms with E-state index in [2.05, 4.69) is 112 Å². The van der Waals surface area contributed by atoms with Crippen LogP contribution in [0.25, 0.3) is 98.1 Å². The second-order valence-electron chi connectivity index (χ2n) is 10.9. The first-order valence-corrected chi connectivity index (χ1v) is 13.5. The summed E-state index contributed by atoms with van der Waals surface area (Å²) < 4.78 is 11.3. The summed E-state index contributed by atoms with van der Waals surface area (Å²) in [6.07, 6.45) is 0. The molecule has 0 bridgehead atoms. The fourth-order valence-corrected chi connectivity index (χ4v) is 7.69. The summed E-state index contributed by atoms with van der Waals surface area (Å²) >= 11 is 0. The van der Waals surface area contributed by atoms with E-state index in [1.165, 1.54) is 81.6 Å². The summed E-state index contributed by atoms with van der Waals surface area (Å²) in [6.45, 7) is 0. The number of rotatable bonds is 0. The van der Waals surface area contributed by atoms with E-state index in [9.17, 15) is 0 Å². The van der Waals surface area contributed by atoms with E-state index in [0.717, 1.165) is 16.6 Å². The third kappa shape index (κ3) is 1.95. The minimum atomic E-state index is 0.936. The molecule has 0 aliphatic carbocycles. The minimum Gasteiger partial charge on any atom is -0.456 e. The number of fused-ring (bicyclic) bond motifs is 16. The van der Waals surface area contributed by atoms with Crippen LogP contribution in [-0.4, -0.2) is 8.80 Å². The maximum Gasteiger partial charge on any atom is 0.136 e. The van der Waals surface area contributed by atoms with Crippen LogP contribution in [0.4, 0.5) is 0 Å². The summed E-state index contributed by atoms with van der Waals surface area (Å²) in [5, 5.41) is 12.8. The molecular weight excluding hydrogens is 476 g/mol. The number of para-hydroxylation sites is 4. The minimum absolute atomic E-state index is 0.936. The Bertz CT molecular complexity index is 2820. The first kappa shape index (κ1) is 18.9. The van der Waals surface area contributed by atoms with Crippen LogP contribution in [0.1, 0.15) is 0 Å². The zero-order valence-electron chi connectivity index (χ0n) is 20.7. The Kier molecular flexibility index (Phi) is 2.93. The molecule has 3 heteroatoms. The van der Waals surface area contributed by atoms with E-state index < -0.39 is 0 Å². The van der Waals surface area contributed by atoms with Crippen molar-refractivity contribution >= 4 is 98.1 Å². The lowest BCUT2D eigenvalue weighted by atomic mass is 10.0. The maximum absolute atomic E-state index is 6.30. The molecule has 0 aliphatic rings. The summed E-state index contributed by atoms with van der Waals surface area (Å²) in [6, 6.07) is 39.9. The van der Waals surface area contributed by atoms with Gasteiger partial charge in [-0.1, -0.05) is 72.8 Å². The van der Waals surface area contributed by atoms with Crippen molar-refractivity contribution in [1.82, 2.24) is 8.80 Å². The fourth-order valence-electron chi connectivity index (χ4n) is 7.69. The second kappa shape index (κ2) is 6.06. The van der Waals surface area contributed by atoms with Crippen molar-refractivity contribution in [2.45, 2.75) is 0 Å². The van der Waals surface area contributed by atoms with E-state index >= 15 is 0 Å². The monoisotopic (exact) mass is 494 g/mol. The summed E-state index contributed by atoms with van der Waals surface area (Å²) in [7, 11) is 0.